The lowest BCUT2D eigenvalue weighted by molar-refractivity contribution is -0.191. The SMILES string of the molecule is CC(C)(SN1CCC(F)C1)C(=O)Nc1cc(C(C)(C)COC2CCCCO2)no1.O=C=O. The van der Waals surface area contributed by atoms with Crippen LogP contribution in [0.15, 0.2) is 10.6 Å². The average molecular weight is 474 g/mol. The smallest absolute Gasteiger partial charge is 0.353 e. The molecule has 1 amide bonds. The normalized spacial score (nSPS) is 22.0. The Morgan fingerprint density at radius 1 is 1.34 bits per heavy atom. The van der Waals surface area contributed by atoms with Crippen molar-refractivity contribution in [2.75, 3.05) is 31.6 Å². The number of carbonyl (C=O) groups is 1. The van der Waals surface area contributed by atoms with E-state index in [1.54, 1.807) is 6.07 Å². The summed E-state index contributed by atoms with van der Waals surface area (Å²) in [7, 11) is 0. The molecule has 2 aliphatic heterocycles. The quantitative estimate of drug-likeness (QED) is 0.568. The predicted molar refractivity (Wildman–Crippen MR) is 115 cm³/mol. The number of anilines is 1. The topological polar surface area (TPSA) is 111 Å². The minimum Gasteiger partial charge on any atom is -0.353 e. The number of aromatic nitrogens is 1. The highest BCUT2D eigenvalue weighted by Crippen LogP contribution is 2.33. The summed E-state index contributed by atoms with van der Waals surface area (Å²) < 4.78 is 31.4. The third-order valence-electron chi connectivity index (χ3n) is 5.21. The highest BCUT2D eigenvalue weighted by atomic mass is 32.2. The van der Waals surface area contributed by atoms with E-state index in [-0.39, 0.29) is 23.8 Å². The van der Waals surface area contributed by atoms with Crippen molar-refractivity contribution in [1.82, 2.24) is 9.46 Å². The van der Waals surface area contributed by atoms with Gasteiger partial charge in [0.25, 0.3) is 0 Å². The zero-order chi connectivity index (χ0) is 23.8. The van der Waals surface area contributed by atoms with Crippen molar-refractivity contribution in [1.29, 1.82) is 0 Å². The van der Waals surface area contributed by atoms with Gasteiger partial charge in [0.05, 0.1) is 12.3 Å². The molecule has 1 N–H and O–H groups in total. The van der Waals surface area contributed by atoms with Gasteiger partial charge in [-0.25, -0.2) is 8.70 Å². The Hall–Kier alpha value is -1.78. The Morgan fingerprint density at radius 3 is 2.66 bits per heavy atom. The Balaban J connectivity index is 0.00000114. The number of hydrogen-bond donors (Lipinski definition) is 1. The highest BCUT2D eigenvalue weighted by Gasteiger charge is 2.35. The van der Waals surface area contributed by atoms with Gasteiger partial charge in [-0.2, -0.15) is 9.59 Å². The van der Waals surface area contributed by atoms with E-state index in [1.807, 2.05) is 32.0 Å². The number of nitrogens with zero attached hydrogens (tertiary/aromatic N) is 2. The molecule has 180 valence electrons. The summed E-state index contributed by atoms with van der Waals surface area (Å²) in [5, 5.41) is 6.91. The molecule has 0 aliphatic carbocycles. The van der Waals surface area contributed by atoms with Crippen molar-refractivity contribution in [2.24, 2.45) is 0 Å². The van der Waals surface area contributed by atoms with Crippen LogP contribution in [-0.4, -0.2) is 65.0 Å². The van der Waals surface area contributed by atoms with Crippen molar-refractivity contribution in [3.05, 3.63) is 11.8 Å². The molecule has 2 atom stereocenters. The van der Waals surface area contributed by atoms with Gasteiger partial charge in [-0.3, -0.25) is 10.1 Å². The third kappa shape index (κ3) is 7.97. The van der Waals surface area contributed by atoms with Crippen molar-refractivity contribution in [2.45, 2.75) is 76.0 Å². The van der Waals surface area contributed by atoms with E-state index in [2.05, 4.69) is 10.5 Å². The van der Waals surface area contributed by atoms with Crippen LogP contribution in [0, 0.1) is 0 Å². The van der Waals surface area contributed by atoms with Crippen LogP contribution >= 0.6 is 11.9 Å². The molecule has 3 rings (SSSR count). The number of hydrogen-bond acceptors (Lipinski definition) is 9. The molecule has 2 fully saturated rings. The number of alkyl halides is 1. The van der Waals surface area contributed by atoms with Gasteiger partial charge < -0.3 is 14.0 Å². The Kier molecular flexibility index (Phi) is 9.84. The van der Waals surface area contributed by atoms with Crippen LogP contribution in [0.3, 0.4) is 0 Å². The molecule has 0 bridgehead atoms. The monoisotopic (exact) mass is 473 g/mol. The van der Waals surface area contributed by atoms with E-state index >= 15 is 0 Å². The Labute approximate surface area is 191 Å². The molecular weight excluding hydrogens is 441 g/mol. The maximum atomic E-state index is 13.4. The van der Waals surface area contributed by atoms with Crippen LogP contribution in [0.4, 0.5) is 10.3 Å². The highest BCUT2D eigenvalue weighted by molar-refractivity contribution is 7.99. The summed E-state index contributed by atoms with van der Waals surface area (Å²) in [6.07, 6.45) is 2.88. The molecule has 32 heavy (non-hydrogen) atoms. The van der Waals surface area contributed by atoms with Gasteiger partial charge in [0.1, 0.15) is 10.9 Å². The molecule has 11 heteroatoms. The first-order valence-corrected chi connectivity index (χ1v) is 11.4. The van der Waals surface area contributed by atoms with Crippen molar-refractivity contribution in [3.8, 4) is 0 Å². The molecule has 2 saturated heterocycles. The van der Waals surface area contributed by atoms with Crippen molar-refractivity contribution in [3.63, 3.8) is 0 Å². The summed E-state index contributed by atoms with van der Waals surface area (Å²) in [5.41, 5.74) is 0.317. The van der Waals surface area contributed by atoms with Gasteiger partial charge in [0.2, 0.25) is 11.8 Å². The van der Waals surface area contributed by atoms with Crippen LogP contribution in [0.1, 0.15) is 59.1 Å². The minimum atomic E-state index is -0.818. The van der Waals surface area contributed by atoms with E-state index in [1.165, 1.54) is 11.9 Å². The van der Waals surface area contributed by atoms with Gasteiger partial charge in [0.15, 0.2) is 6.29 Å². The van der Waals surface area contributed by atoms with Gasteiger partial charge in [-0.15, -0.1) is 0 Å². The molecule has 0 aromatic carbocycles. The van der Waals surface area contributed by atoms with Crippen molar-refractivity contribution >= 4 is 29.9 Å². The second-order valence-electron chi connectivity index (χ2n) is 8.98. The van der Waals surface area contributed by atoms with Crippen LogP contribution in [0.5, 0.6) is 0 Å². The van der Waals surface area contributed by atoms with E-state index in [0.29, 0.717) is 37.7 Å². The fourth-order valence-corrected chi connectivity index (χ4v) is 4.48. The molecular formula is C21H32FN3O6S. The van der Waals surface area contributed by atoms with Crippen LogP contribution in [0.25, 0.3) is 0 Å². The number of carbonyl (C=O) groups excluding carboxylic acids is 3. The summed E-state index contributed by atoms with van der Waals surface area (Å²) >= 11 is 1.36. The van der Waals surface area contributed by atoms with Crippen LogP contribution in [-0.2, 0) is 29.3 Å². The largest absolute Gasteiger partial charge is 0.373 e. The Morgan fingerprint density at radius 2 is 2.06 bits per heavy atom. The Bertz CT molecular complexity index is 775. The first-order chi connectivity index (χ1) is 15.1. The van der Waals surface area contributed by atoms with Gasteiger partial charge in [0, 0.05) is 31.2 Å². The summed E-state index contributed by atoms with van der Waals surface area (Å²) in [6.45, 7) is 9.84. The van der Waals surface area contributed by atoms with Gasteiger partial charge in [-0.1, -0.05) is 31.0 Å². The maximum Gasteiger partial charge on any atom is 0.373 e. The second-order valence-corrected chi connectivity index (χ2v) is 10.7. The second kappa shape index (κ2) is 11.9. The van der Waals surface area contributed by atoms with Crippen LogP contribution in [0.2, 0.25) is 0 Å². The molecule has 2 aliphatic rings. The molecule has 1 aromatic rings. The lowest BCUT2D eigenvalue weighted by Gasteiger charge is -2.28. The number of rotatable bonds is 8. The van der Waals surface area contributed by atoms with E-state index in [9.17, 15) is 9.18 Å². The summed E-state index contributed by atoms with van der Waals surface area (Å²) in [5.74, 6) is 0.0858. The number of nitrogens with one attached hydrogen (secondary N) is 1. The zero-order valence-electron chi connectivity index (χ0n) is 19.0. The van der Waals surface area contributed by atoms with E-state index in [0.717, 1.165) is 25.9 Å². The van der Waals surface area contributed by atoms with Crippen LogP contribution < -0.4 is 5.32 Å². The predicted octanol–water partition coefficient (Wildman–Crippen LogP) is 3.32. The molecule has 0 saturated carbocycles. The molecule has 9 nitrogen and oxygen atoms in total. The minimum absolute atomic E-state index is 0.165. The summed E-state index contributed by atoms with van der Waals surface area (Å²) in [4.78, 5) is 29.0. The third-order valence-corrected chi connectivity index (χ3v) is 6.44. The van der Waals surface area contributed by atoms with E-state index < -0.39 is 10.9 Å². The number of halogens is 1. The lowest BCUT2D eigenvalue weighted by atomic mass is 9.90. The average Bonchev–Trinajstić information content (AvgIpc) is 3.37. The van der Waals surface area contributed by atoms with E-state index in [4.69, 9.17) is 23.6 Å². The standard InChI is InChI=1S/C20H32FN3O4S.CO2/c1-19(2,13-27-17-7-5-6-10-26-17)15-11-16(28-23-15)22-18(25)20(3,4)29-24-9-8-14(21)12-24;2-1-3/h11,14,17H,5-10,12-13H2,1-4H3,(H,22,25);. The van der Waals surface area contributed by atoms with Gasteiger partial charge in [-0.05, 0) is 39.5 Å². The zero-order valence-corrected chi connectivity index (χ0v) is 19.8. The summed E-state index contributed by atoms with van der Waals surface area (Å²) in [6, 6.07) is 1.73. The molecule has 3 heterocycles. The fraction of sp³-hybridized carbons (Fsp3) is 0.762. The molecule has 1 aromatic heterocycles. The molecule has 2 unspecified atom stereocenters. The molecule has 0 radical (unpaired) electrons. The maximum absolute atomic E-state index is 13.4. The van der Waals surface area contributed by atoms with Crippen molar-refractivity contribution < 1.29 is 32.8 Å². The number of ether oxygens (including phenoxy) is 2. The first-order valence-electron chi connectivity index (χ1n) is 10.7. The molecule has 0 spiro atoms. The van der Waals surface area contributed by atoms with Gasteiger partial charge >= 0.3 is 6.15 Å². The number of amides is 1. The lowest BCUT2D eigenvalue weighted by Crippen LogP contribution is -2.37. The first kappa shape index (κ1) is 26.5. The fourth-order valence-electron chi connectivity index (χ4n) is 3.27.